The fourth-order valence-corrected chi connectivity index (χ4v) is 2.36. The van der Waals surface area contributed by atoms with Crippen LogP contribution in [0.3, 0.4) is 0 Å². The van der Waals surface area contributed by atoms with Crippen molar-refractivity contribution in [1.82, 2.24) is 4.98 Å². The minimum atomic E-state index is -0.113. The lowest BCUT2D eigenvalue weighted by molar-refractivity contribution is 1.38. The second-order valence-corrected chi connectivity index (χ2v) is 4.56. The van der Waals surface area contributed by atoms with E-state index >= 15 is 0 Å². The maximum atomic E-state index is 7.76. The van der Waals surface area contributed by atoms with E-state index in [1.54, 1.807) is 12.1 Å². The second kappa shape index (κ2) is 4.31. The van der Waals surface area contributed by atoms with Gasteiger partial charge in [-0.2, -0.15) is 0 Å². The van der Waals surface area contributed by atoms with Crippen molar-refractivity contribution < 1.29 is 0 Å². The number of nitrogens with zero attached hydrogens (tertiary/aromatic N) is 1. The third-order valence-electron chi connectivity index (χ3n) is 3.26. The molecule has 3 aromatic rings. The van der Waals surface area contributed by atoms with Crippen molar-refractivity contribution in [3.8, 4) is 0 Å². The highest BCUT2D eigenvalue weighted by Gasteiger charge is 2.13. The molecule has 0 saturated carbocycles. The van der Waals surface area contributed by atoms with Crippen LogP contribution in [0, 0.1) is 10.8 Å². The monoisotopic (exact) mass is 263 g/mol. The highest BCUT2D eigenvalue weighted by atomic mass is 14.7. The van der Waals surface area contributed by atoms with Crippen LogP contribution < -0.4 is 11.5 Å². The van der Waals surface area contributed by atoms with Crippen molar-refractivity contribution in [3.05, 3.63) is 53.6 Å². The number of amidine groups is 2. The number of pyridine rings is 1. The van der Waals surface area contributed by atoms with Crippen LogP contribution in [0.1, 0.15) is 11.1 Å². The van der Waals surface area contributed by atoms with Crippen LogP contribution >= 0.6 is 0 Å². The minimum absolute atomic E-state index is 0.106. The predicted octanol–water partition coefficient (Wildman–Crippen LogP) is 1.96. The van der Waals surface area contributed by atoms with Crippen molar-refractivity contribution in [1.29, 1.82) is 10.8 Å². The predicted molar refractivity (Wildman–Crippen MR) is 81.3 cm³/mol. The molecule has 0 aliphatic carbocycles. The summed E-state index contributed by atoms with van der Waals surface area (Å²) < 4.78 is 0. The zero-order chi connectivity index (χ0) is 14.3. The van der Waals surface area contributed by atoms with Crippen molar-refractivity contribution in [2.24, 2.45) is 11.5 Å². The van der Waals surface area contributed by atoms with Crippen LogP contribution in [0.2, 0.25) is 0 Å². The minimum Gasteiger partial charge on any atom is -0.384 e. The molecular formula is C15H13N5. The van der Waals surface area contributed by atoms with Gasteiger partial charge in [0.25, 0.3) is 0 Å². The SMILES string of the molecule is N=C(N)c1ccc2nc3ccccc3cc2c1C(=N)N. The van der Waals surface area contributed by atoms with Gasteiger partial charge in [-0.3, -0.25) is 10.8 Å². The summed E-state index contributed by atoms with van der Waals surface area (Å²) in [6, 6.07) is 13.2. The van der Waals surface area contributed by atoms with Crippen molar-refractivity contribution in [3.63, 3.8) is 0 Å². The summed E-state index contributed by atoms with van der Waals surface area (Å²) >= 11 is 0. The van der Waals surface area contributed by atoms with E-state index in [9.17, 15) is 0 Å². The lowest BCUT2D eigenvalue weighted by atomic mass is 9.98. The number of benzene rings is 2. The van der Waals surface area contributed by atoms with Gasteiger partial charge in [-0.05, 0) is 24.3 Å². The summed E-state index contributed by atoms with van der Waals surface area (Å²) in [7, 11) is 0. The fraction of sp³-hybridized carbons (Fsp3) is 0. The van der Waals surface area contributed by atoms with Crippen LogP contribution in [0.25, 0.3) is 21.8 Å². The molecule has 0 bridgehead atoms. The van der Waals surface area contributed by atoms with Crippen LogP contribution in [0.5, 0.6) is 0 Å². The Morgan fingerprint density at radius 1 is 0.900 bits per heavy atom. The first kappa shape index (κ1) is 12.1. The molecule has 1 aromatic heterocycles. The number of nitrogen functional groups attached to an aromatic ring is 2. The molecule has 0 fully saturated rings. The summed E-state index contributed by atoms with van der Waals surface area (Å²) in [6.45, 7) is 0. The molecule has 20 heavy (non-hydrogen) atoms. The van der Waals surface area contributed by atoms with Gasteiger partial charge < -0.3 is 11.5 Å². The summed E-state index contributed by atoms with van der Waals surface area (Å²) in [4.78, 5) is 4.56. The molecule has 98 valence electrons. The molecule has 0 aliphatic rings. The fourth-order valence-electron chi connectivity index (χ4n) is 2.36. The van der Waals surface area contributed by atoms with Crippen LogP contribution in [0.4, 0.5) is 0 Å². The molecule has 0 amide bonds. The first-order valence-corrected chi connectivity index (χ1v) is 6.09. The zero-order valence-corrected chi connectivity index (χ0v) is 10.6. The number of para-hydroxylation sites is 1. The molecule has 2 aromatic carbocycles. The summed E-state index contributed by atoms with van der Waals surface area (Å²) in [5.74, 6) is -0.219. The van der Waals surface area contributed by atoms with E-state index in [1.165, 1.54) is 0 Å². The third-order valence-corrected chi connectivity index (χ3v) is 3.26. The van der Waals surface area contributed by atoms with E-state index in [4.69, 9.17) is 22.3 Å². The maximum Gasteiger partial charge on any atom is 0.124 e. The molecule has 0 saturated heterocycles. The quantitative estimate of drug-likeness (QED) is 0.322. The van der Waals surface area contributed by atoms with Gasteiger partial charge in [0.2, 0.25) is 0 Å². The average Bonchev–Trinajstić information content (AvgIpc) is 2.43. The Balaban J connectivity index is 2.49. The molecule has 3 rings (SSSR count). The Bertz CT molecular complexity index is 867. The van der Waals surface area contributed by atoms with Crippen LogP contribution in [-0.2, 0) is 0 Å². The first-order chi connectivity index (χ1) is 9.58. The summed E-state index contributed by atoms with van der Waals surface area (Å²) in [5, 5.41) is 17.1. The normalized spacial score (nSPS) is 10.8. The molecule has 5 nitrogen and oxygen atoms in total. The Labute approximate surface area is 115 Å². The number of fused-ring (bicyclic) bond motifs is 2. The Morgan fingerprint density at radius 2 is 1.65 bits per heavy atom. The molecule has 0 spiro atoms. The van der Waals surface area contributed by atoms with Gasteiger partial charge >= 0.3 is 0 Å². The number of rotatable bonds is 2. The molecule has 0 radical (unpaired) electrons. The number of nitrogens with one attached hydrogen (secondary N) is 2. The van der Waals surface area contributed by atoms with Gasteiger partial charge in [-0.15, -0.1) is 0 Å². The molecule has 1 heterocycles. The highest BCUT2D eigenvalue weighted by molar-refractivity contribution is 6.16. The number of hydrogen-bond donors (Lipinski definition) is 4. The van der Waals surface area contributed by atoms with Gasteiger partial charge in [0.05, 0.1) is 11.0 Å². The van der Waals surface area contributed by atoms with Crippen molar-refractivity contribution in [2.75, 3.05) is 0 Å². The second-order valence-electron chi connectivity index (χ2n) is 4.56. The van der Waals surface area contributed by atoms with Gasteiger partial charge in [-0.25, -0.2) is 4.98 Å². The van der Waals surface area contributed by atoms with E-state index in [0.717, 1.165) is 21.8 Å². The van der Waals surface area contributed by atoms with Gasteiger partial charge in [0.1, 0.15) is 11.7 Å². The van der Waals surface area contributed by atoms with E-state index in [0.29, 0.717) is 11.1 Å². The number of aromatic nitrogens is 1. The average molecular weight is 263 g/mol. The van der Waals surface area contributed by atoms with Gasteiger partial charge in [0, 0.05) is 21.9 Å². The molecule has 5 heteroatoms. The topological polar surface area (TPSA) is 113 Å². The zero-order valence-electron chi connectivity index (χ0n) is 10.6. The van der Waals surface area contributed by atoms with Crippen molar-refractivity contribution in [2.45, 2.75) is 0 Å². The van der Waals surface area contributed by atoms with E-state index < -0.39 is 0 Å². The summed E-state index contributed by atoms with van der Waals surface area (Å²) in [5.41, 5.74) is 13.8. The Morgan fingerprint density at radius 3 is 2.35 bits per heavy atom. The molecular weight excluding hydrogens is 250 g/mol. The van der Waals surface area contributed by atoms with Gasteiger partial charge in [0.15, 0.2) is 0 Å². The smallest absolute Gasteiger partial charge is 0.124 e. The standard InChI is InChI=1S/C15H13N5/c16-14(17)9-5-6-12-10(13(9)15(18)19)7-8-3-1-2-4-11(8)20-12/h1-7H,(H3,16,17)(H3,18,19). The largest absolute Gasteiger partial charge is 0.384 e. The van der Waals surface area contributed by atoms with Crippen molar-refractivity contribution >= 4 is 33.5 Å². The lowest BCUT2D eigenvalue weighted by Crippen LogP contribution is -2.21. The van der Waals surface area contributed by atoms with E-state index in [-0.39, 0.29) is 11.7 Å². The van der Waals surface area contributed by atoms with Crippen LogP contribution in [-0.4, -0.2) is 16.7 Å². The Kier molecular flexibility index (Phi) is 2.61. The first-order valence-electron chi connectivity index (χ1n) is 6.09. The highest BCUT2D eigenvalue weighted by Crippen LogP contribution is 2.25. The van der Waals surface area contributed by atoms with E-state index in [1.807, 2.05) is 30.3 Å². The summed E-state index contributed by atoms with van der Waals surface area (Å²) in [6.07, 6.45) is 0. The number of hydrogen-bond acceptors (Lipinski definition) is 3. The maximum absolute atomic E-state index is 7.76. The molecule has 0 unspecified atom stereocenters. The molecule has 0 atom stereocenters. The molecule has 6 N–H and O–H groups in total. The third kappa shape index (κ3) is 1.76. The number of nitrogens with two attached hydrogens (primary N) is 2. The van der Waals surface area contributed by atoms with E-state index in [2.05, 4.69) is 4.98 Å². The lowest BCUT2D eigenvalue weighted by Gasteiger charge is -2.11. The van der Waals surface area contributed by atoms with Gasteiger partial charge in [-0.1, -0.05) is 18.2 Å². The van der Waals surface area contributed by atoms with Crippen LogP contribution in [0.15, 0.2) is 42.5 Å². The molecule has 0 aliphatic heterocycles. The Hall–Kier alpha value is -2.95.